The van der Waals surface area contributed by atoms with Crippen molar-refractivity contribution >= 4 is 11.9 Å². The molecule has 2 aromatic rings. The maximum Gasteiger partial charge on any atom is 2.00 e. The first-order valence-corrected chi connectivity index (χ1v) is 6.73. The van der Waals surface area contributed by atoms with Crippen LogP contribution in [0.1, 0.15) is 20.7 Å². The second kappa shape index (κ2) is 13.8. The molecule has 25 heavy (non-hydrogen) atoms. The van der Waals surface area contributed by atoms with Crippen molar-refractivity contribution in [1.82, 2.24) is 0 Å². The molecule has 0 atom stereocenters. The number of aromatic carboxylic acids is 2. The Balaban J connectivity index is 0. The SMILES string of the molecule is NCCN.O=C(O)c1ccccc1[O-].O=C(O)c1ccccc1[O-].[Cu+2]. The molecule has 0 aliphatic carbocycles. The van der Waals surface area contributed by atoms with Crippen LogP contribution in [0.4, 0.5) is 0 Å². The number of nitrogens with two attached hydrogens (primary N) is 2. The van der Waals surface area contributed by atoms with Crippen LogP contribution in [0, 0.1) is 0 Å². The molecule has 0 aromatic heterocycles. The minimum atomic E-state index is -1.18. The molecule has 0 aliphatic rings. The van der Waals surface area contributed by atoms with E-state index in [1.165, 1.54) is 48.5 Å². The van der Waals surface area contributed by atoms with Crippen LogP contribution in [-0.4, -0.2) is 35.2 Å². The van der Waals surface area contributed by atoms with Crippen LogP contribution in [0.25, 0.3) is 0 Å². The quantitative estimate of drug-likeness (QED) is 0.516. The van der Waals surface area contributed by atoms with E-state index in [1.807, 2.05) is 0 Å². The summed E-state index contributed by atoms with van der Waals surface area (Å²) >= 11 is 0. The van der Waals surface area contributed by atoms with Crippen LogP contribution < -0.4 is 21.7 Å². The average Bonchev–Trinajstić information content (AvgIpc) is 2.56. The molecule has 9 heteroatoms. The Kier molecular flexibility index (Phi) is 13.6. The van der Waals surface area contributed by atoms with Crippen molar-refractivity contribution in [2.24, 2.45) is 11.5 Å². The van der Waals surface area contributed by atoms with E-state index in [-0.39, 0.29) is 28.2 Å². The van der Waals surface area contributed by atoms with E-state index in [0.717, 1.165) is 0 Å². The van der Waals surface area contributed by atoms with Crippen LogP contribution in [0.2, 0.25) is 0 Å². The van der Waals surface area contributed by atoms with Crippen LogP contribution in [-0.2, 0) is 17.1 Å². The maximum atomic E-state index is 10.7. The van der Waals surface area contributed by atoms with Crippen molar-refractivity contribution in [3.8, 4) is 11.5 Å². The maximum absolute atomic E-state index is 10.7. The summed E-state index contributed by atoms with van der Waals surface area (Å²) in [5, 5.41) is 38.1. The summed E-state index contributed by atoms with van der Waals surface area (Å²) in [6.45, 7) is 1.19. The van der Waals surface area contributed by atoms with Gasteiger partial charge in [0, 0.05) is 13.1 Å². The summed E-state index contributed by atoms with van der Waals surface area (Å²) in [6.07, 6.45) is 0. The predicted octanol–water partition coefficient (Wildman–Crippen LogP) is -0.182. The van der Waals surface area contributed by atoms with Crippen LogP contribution in [0.15, 0.2) is 48.5 Å². The molecular formula is C16H18CuN2O6. The molecule has 0 unspecified atom stereocenters. The largest absolute Gasteiger partial charge is 2.00 e. The number of rotatable bonds is 3. The Morgan fingerprint density at radius 1 is 0.760 bits per heavy atom. The van der Waals surface area contributed by atoms with E-state index in [2.05, 4.69) is 0 Å². The summed E-state index contributed by atoms with van der Waals surface area (Å²) in [7, 11) is 0. The van der Waals surface area contributed by atoms with Crippen molar-refractivity contribution in [2.45, 2.75) is 0 Å². The third-order valence-electron chi connectivity index (χ3n) is 2.40. The van der Waals surface area contributed by atoms with Gasteiger partial charge in [0.25, 0.3) is 0 Å². The van der Waals surface area contributed by atoms with Gasteiger partial charge in [-0.25, -0.2) is 9.59 Å². The van der Waals surface area contributed by atoms with Gasteiger partial charge in [-0.3, -0.25) is 0 Å². The van der Waals surface area contributed by atoms with Gasteiger partial charge in [0.05, 0.1) is 11.1 Å². The Bertz CT molecular complexity index is 609. The molecule has 139 valence electrons. The topological polar surface area (TPSA) is 173 Å². The Morgan fingerprint density at radius 2 is 1.04 bits per heavy atom. The molecular weight excluding hydrogens is 380 g/mol. The molecule has 2 aromatic carbocycles. The Morgan fingerprint density at radius 3 is 1.20 bits per heavy atom. The first-order chi connectivity index (χ1) is 11.3. The monoisotopic (exact) mass is 397 g/mol. The first-order valence-electron chi connectivity index (χ1n) is 6.73. The number of carboxylic acids is 2. The summed E-state index contributed by atoms with van der Waals surface area (Å²) in [5.74, 6) is -3.25. The van der Waals surface area contributed by atoms with Gasteiger partial charge in [0.15, 0.2) is 0 Å². The molecule has 0 spiro atoms. The van der Waals surface area contributed by atoms with Gasteiger partial charge in [-0.05, 0) is 12.1 Å². The number of carbonyl (C=O) groups is 2. The second-order valence-corrected chi connectivity index (χ2v) is 4.18. The van der Waals surface area contributed by atoms with Crippen molar-refractivity contribution in [1.29, 1.82) is 0 Å². The van der Waals surface area contributed by atoms with E-state index in [0.29, 0.717) is 13.1 Å². The third-order valence-corrected chi connectivity index (χ3v) is 2.40. The number of carboxylic acid groups (broad SMARTS) is 2. The predicted molar refractivity (Wildman–Crippen MR) is 83.8 cm³/mol. The van der Waals surface area contributed by atoms with Crippen molar-refractivity contribution < 1.29 is 47.1 Å². The molecule has 0 aliphatic heterocycles. The molecule has 0 saturated carbocycles. The smallest absolute Gasteiger partial charge is 0.872 e. The molecule has 8 nitrogen and oxygen atoms in total. The standard InChI is InChI=1S/2C7H6O3.C2H8N2.Cu/c2*8-6-4-2-1-3-5(6)7(9)10;3-1-2-4;/h2*1-4,8H,(H,9,10);1-4H2;/q;;;+2/p-2. The number of hydrogen-bond donors (Lipinski definition) is 4. The van der Waals surface area contributed by atoms with Crippen LogP contribution in [0.3, 0.4) is 0 Å². The van der Waals surface area contributed by atoms with E-state index in [9.17, 15) is 19.8 Å². The van der Waals surface area contributed by atoms with Gasteiger partial charge in [0.1, 0.15) is 0 Å². The number of benzene rings is 2. The van der Waals surface area contributed by atoms with Crippen LogP contribution in [0.5, 0.6) is 11.5 Å². The Hall–Kier alpha value is -2.58. The number of hydrogen-bond acceptors (Lipinski definition) is 6. The van der Waals surface area contributed by atoms with E-state index in [4.69, 9.17) is 21.7 Å². The number of para-hydroxylation sites is 2. The van der Waals surface area contributed by atoms with E-state index >= 15 is 0 Å². The van der Waals surface area contributed by atoms with Gasteiger partial charge >= 0.3 is 29.0 Å². The van der Waals surface area contributed by atoms with Crippen LogP contribution >= 0.6 is 0 Å². The summed E-state index contributed by atoms with van der Waals surface area (Å²) in [4.78, 5) is 20.4. The minimum absolute atomic E-state index is 0. The first kappa shape index (κ1) is 24.7. The normalized spacial score (nSPS) is 8.56. The molecule has 0 heterocycles. The molecule has 0 amide bonds. The van der Waals surface area contributed by atoms with Crippen molar-refractivity contribution in [3.05, 3.63) is 59.7 Å². The molecule has 1 radical (unpaired) electrons. The van der Waals surface area contributed by atoms with Gasteiger partial charge in [-0.1, -0.05) is 47.9 Å². The summed E-state index contributed by atoms with van der Waals surface area (Å²) < 4.78 is 0. The molecule has 0 fully saturated rings. The summed E-state index contributed by atoms with van der Waals surface area (Å²) in [5.41, 5.74) is 9.45. The van der Waals surface area contributed by atoms with E-state index in [1.54, 1.807) is 0 Å². The van der Waals surface area contributed by atoms with E-state index < -0.39 is 23.4 Å². The van der Waals surface area contributed by atoms with Gasteiger partial charge in [-0.15, -0.1) is 0 Å². The zero-order valence-corrected chi connectivity index (χ0v) is 14.0. The zero-order valence-electron chi connectivity index (χ0n) is 13.0. The third kappa shape index (κ3) is 10.0. The fourth-order valence-electron chi connectivity index (χ4n) is 1.29. The van der Waals surface area contributed by atoms with Crippen molar-refractivity contribution in [3.63, 3.8) is 0 Å². The molecule has 0 bridgehead atoms. The molecule has 6 N–H and O–H groups in total. The molecule has 2 rings (SSSR count). The zero-order chi connectivity index (χ0) is 18.5. The minimum Gasteiger partial charge on any atom is -0.872 e. The van der Waals surface area contributed by atoms with Gasteiger partial charge < -0.3 is 31.9 Å². The molecule has 0 saturated heterocycles. The average molecular weight is 398 g/mol. The fraction of sp³-hybridized carbons (Fsp3) is 0.125. The van der Waals surface area contributed by atoms with Gasteiger partial charge in [0.2, 0.25) is 0 Å². The fourth-order valence-corrected chi connectivity index (χ4v) is 1.29. The second-order valence-electron chi connectivity index (χ2n) is 4.18. The Labute approximate surface area is 155 Å². The van der Waals surface area contributed by atoms with Crippen molar-refractivity contribution in [2.75, 3.05) is 13.1 Å². The summed E-state index contributed by atoms with van der Waals surface area (Å²) in [6, 6.07) is 11.1. The van der Waals surface area contributed by atoms with Gasteiger partial charge in [-0.2, -0.15) is 0 Å².